The fraction of sp³-hybridized carbons (Fsp3) is 0.667. The van der Waals surface area contributed by atoms with Crippen molar-refractivity contribution in [1.29, 1.82) is 0 Å². The summed E-state index contributed by atoms with van der Waals surface area (Å²) in [7, 11) is 0. The third-order valence-corrected chi connectivity index (χ3v) is 5.00. The lowest BCUT2D eigenvalue weighted by atomic mass is 9.93. The highest BCUT2D eigenvalue weighted by molar-refractivity contribution is 5.35. The van der Waals surface area contributed by atoms with E-state index in [1.165, 1.54) is 38.8 Å². The van der Waals surface area contributed by atoms with Crippen LogP contribution in [0.3, 0.4) is 0 Å². The Balaban J connectivity index is 1.72. The van der Waals surface area contributed by atoms with Gasteiger partial charge in [0.1, 0.15) is 0 Å². The molecule has 0 radical (unpaired) electrons. The van der Waals surface area contributed by atoms with Crippen LogP contribution in [-0.4, -0.2) is 37.1 Å². The fourth-order valence-corrected chi connectivity index (χ4v) is 3.79. The molecule has 2 nitrogen and oxygen atoms in total. The van der Waals surface area contributed by atoms with Crippen molar-refractivity contribution in [3.05, 3.63) is 34.9 Å². The summed E-state index contributed by atoms with van der Waals surface area (Å²) in [5.74, 6) is 0.723. The number of piperazine rings is 1. The molecule has 0 aromatic heterocycles. The van der Waals surface area contributed by atoms with Gasteiger partial charge >= 0.3 is 0 Å². The van der Waals surface area contributed by atoms with E-state index < -0.39 is 0 Å². The van der Waals surface area contributed by atoms with Gasteiger partial charge in [-0.15, -0.1) is 0 Å². The lowest BCUT2D eigenvalue weighted by Gasteiger charge is -2.37. The number of hydrogen-bond donors (Lipinski definition) is 1. The molecule has 1 heterocycles. The fourth-order valence-electron chi connectivity index (χ4n) is 3.79. The molecule has 0 saturated carbocycles. The molecule has 1 aliphatic heterocycles. The van der Waals surface area contributed by atoms with E-state index in [9.17, 15) is 0 Å². The van der Waals surface area contributed by atoms with Crippen molar-refractivity contribution in [3.63, 3.8) is 0 Å². The summed E-state index contributed by atoms with van der Waals surface area (Å²) in [4.78, 5) is 2.69. The first-order valence-corrected chi connectivity index (χ1v) is 8.29. The number of benzene rings is 1. The first-order valence-electron chi connectivity index (χ1n) is 8.29. The van der Waals surface area contributed by atoms with Crippen LogP contribution < -0.4 is 5.32 Å². The van der Waals surface area contributed by atoms with E-state index in [2.05, 4.69) is 42.3 Å². The second-order valence-electron chi connectivity index (χ2n) is 6.76. The summed E-state index contributed by atoms with van der Waals surface area (Å²) in [6.45, 7) is 9.45. The first-order chi connectivity index (χ1) is 9.74. The van der Waals surface area contributed by atoms with Gasteiger partial charge in [-0.05, 0) is 48.3 Å². The normalized spacial score (nSPS) is 21.1. The quantitative estimate of drug-likeness (QED) is 0.906. The minimum absolute atomic E-state index is 0.691. The van der Waals surface area contributed by atoms with Crippen LogP contribution >= 0.6 is 0 Å². The molecule has 0 amide bonds. The first kappa shape index (κ1) is 14.1. The van der Waals surface area contributed by atoms with Gasteiger partial charge in [0, 0.05) is 32.2 Å². The zero-order chi connectivity index (χ0) is 13.9. The number of nitrogens with one attached hydrogen (secondary N) is 1. The minimum atomic E-state index is 0.691. The van der Waals surface area contributed by atoms with Gasteiger partial charge in [-0.25, -0.2) is 0 Å². The molecule has 0 bridgehead atoms. The van der Waals surface area contributed by atoms with E-state index in [-0.39, 0.29) is 0 Å². The molecule has 1 fully saturated rings. The molecule has 3 rings (SSSR count). The van der Waals surface area contributed by atoms with Crippen LogP contribution in [0.1, 0.15) is 37.0 Å². The van der Waals surface area contributed by atoms with Crippen LogP contribution in [0.2, 0.25) is 0 Å². The number of rotatable bonds is 4. The van der Waals surface area contributed by atoms with Crippen molar-refractivity contribution in [3.8, 4) is 0 Å². The van der Waals surface area contributed by atoms with Gasteiger partial charge in [-0.3, -0.25) is 4.90 Å². The molecule has 2 heteroatoms. The summed E-state index contributed by atoms with van der Waals surface area (Å²) in [5, 5.41) is 3.46. The Morgan fingerprint density at radius 1 is 1.10 bits per heavy atom. The van der Waals surface area contributed by atoms with Gasteiger partial charge in [0.2, 0.25) is 0 Å². The van der Waals surface area contributed by atoms with Gasteiger partial charge in [0.15, 0.2) is 0 Å². The molecule has 1 N–H and O–H groups in total. The Labute approximate surface area is 123 Å². The SMILES string of the molecule is CC(C)C(Cc1ccc2c(c1)CCC2)N1CCNCC1. The maximum absolute atomic E-state index is 3.46. The van der Waals surface area contributed by atoms with Crippen LogP contribution in [0.25, 0.3) is 0 Å². The molecular weight excluding hydrogens is 244 g/mol. The highest BCUT2D eigenvalue weighted by Gasteiger charge is 2.24. The zero-order valence-electron chi connectivity index (χ0n) is 13.0. The number of hydrogen-bond acceptors (Lipinski definition) is 2. The summed E-state index contributed by atoms with van der Waals surface area (Å²) >= 11 is 0. The lowest BCUT2D eigenvalue weighted by Crippen LogP contribution is -2.50. The average molecular weight is 272 g/mol. The monoisotopic (exact) mass is 272 g/mol. The standard InChI is InChI=1S/C18H28N2/c1-14(2)18(20-10-8-19-9-11-20)13-15-6-7-16-4-3-5-17(16)12-15/h6-7,12,14,18-19H,3-5,8-11,13H2,1-2H3. The highest BCUT2D eigenvalue weighted by Crippen LogP contribution is 2.25. The summed E-state index contributed by atoms with van der Waals surface area (Å²) in [6, 6.07) is 7.94. The molecule has 2 aliphatic rings. The predicted molar refractivity (Wildman–Crippen MR) is 85.2 cm³/mol. The summed E-state index contributed by atoms with van der Waals surface area (Å²) in [5.41, 5.74) is 4.75. The Bertz CT molecular complexity index is 447. The molecule has 20 heavy (non-hydrogen) atoms. The number of nitrogens with zero attached hydrogens (tertiary/aromatic N) is 1. The van der Waals surface area contributed by atoms with Gasteiger partial charge in [0.05, 0.1) is 0 Å². The Hall–Kier alpha value is -0.860. The third-order valence-electron chi connectivity index (χ3n) is 5.00. The van der Waals surface area contributed by atoms with Crippen LogP contribution in [-0.2, 0) is 19.3 Å². The van der Waals surface area contributed by atoms with Crippen LogP contribution in [0, 0.1) is 5.92 Å². The van der Waals surface area contributed by atoms with Gasteiger partial charge in [-0.2, -0.15) is 0 Å². The molecule has 1 unspecified atom stereocenters. The predicted octanol–water partition coefficient (Wildman–Crippen LogP) is 2.65. The third kappa shape index (κ3) is 3.07. The van der Waals surface area contributed by atoms with E-state index in [0.717, 1.165) is 19.0 Å². The highest BCUT2D eigenvalue weighted by atomic mass is 15.2. The zero-order valence-corrected chi connectivity index (χ0v) is 13.0. The largest absolute Gasteiger partial charge is 0.314 e. The van der Waals surface area contributed by atoms with Crippen molar-refractivity contribution in [2.45, 2.75) is 45.6 Å². The van der Waals surface area contributed by atoms with Crippen LogP contribution in [0.4, 0.5) is 0 Å². The summed E-state index contributed by atoms with van der Waals surface area (Å²) in [6.07, 6.45) is 5.15. The van der Waals surface area contributed by atoms with Crippen molar-refractivity contribution >= 4 is 0 Å². The topological polar surface area (TPSA) is 15.3 Å². The van der Waals surface area contributed by atoms with E-state index in [4.69, 9.17) is 0 Å². The molecular formula is C18H28N2. The molecule has 0 spiro atoms. The molecule has 1 saturated heterocycles. The van der Waals surface area contributed by atoms with Gasteiger partial charge in [-0.1, -0.05) is 32.0 Å². The van der Waals surface area contributed by atoms with E-state index in [1.54, 1.807) is 16.7 Å². The molecule has 1 aromatic carbocycles. The van der Waals surface area contributed by atoms with Crippen LogP contribution in [0.15, 0.2) is 18.2 Å². The maximum Gasteiger partial charge on any atom is 0.0160 e. The Morgan fingerprint density at radius 3 is 2.60 bits per heavy atom. The molecule has 1 aliphatic carbocycles. The number of aryl methyl sites for hydroxylation is 2. The van der Waals surface area contributed by atoms with Crippen molar-refractivity contribution in [2.75, 3.05) is 26.2 Å². The summed E-state index contributed by atoms with van der Waals surface area (Å²) < 4.78 is 0. The van der Waals surface area contributed by atoms with Crippen molar-refractivity contribution in [2.24, 2.45) is 5.92 Å². The van der Waals surface area contributed by atoms with E-state index in [0.29, 0.717) is 6.04 Å². The Morgan fingerprint density at radius 2 is 1.85 bits per heavy atom. The molecule has 1 atom stereocenters. The van der Waals surface area contributed by atoms with E-state index >= 15 is 0 Å². The second-order valence-corrected chi connectivity index (χ2v) is 6.76. The minimum Gasteiger partial charge on any atom is -0.314 e. The second kappa shape index (κ2) is 6.28. The van der Waals surface area contributed by atoms with Gasteiger partial charge < -0.3 is 5.32 Å². The van der Waals surface area contributed by atoms with Crippen LogP contribution in [0.5, 0.6) is 0 Å². The van der Waals surface area contributed by atoms with Crippen molar-refractivity contribution < 1.29 is 0 Å². The maximum atomic E-state index is 3.46. The van der Waals surface area contributed by atoms with Gasteiger partial charge in [0.25, 0.3) is 0 Å². The average Bonchev–Trinajstić information content (AvgIpc) is 2.93. The number of fused-ring (bicyclic) bond motifs is 1. The Kier molecular flexibility index (Phi) is 4.42. The molecule has 1 aromatic rings. The van der Waals surface area contributed by atoms with E-state index in [1.807, 2.05) is 0 Å². The smallest absolute Gasteiger partial charge is 0.0160 e. The van der Waals surface area contributed by atoms with Crippen molar-refractivity contribution in [1.82, 2.24) is 10.2 Å². The molecule has 110 valence electrons. The lowest BCUT2D eigenvalue weighted by molar-refractivity contribution is 0.136.